The van der Waals surface area contributed by atoms with Gasteiger partial charge in [-0.3, -0.25) is 14.4 Å². The molecule has 0 unspecified atom stereocenters. The Morgan fingerprint density at radius 2 is 1.53 bits per heavy atom. The first kappa shape index (κ1) is 23.8. The summed E-state index contributed by atoms with van der Waals surface area (Å²) >= 11 is 6.28. The van der Waals surface area contributed by atoms with E-state index in [1.165, 1.54) is 35.9 Å². The van der Waals surface area contributed by atoms with Crippen LogP contribution < -0.4 is 10.0 Å². The summed E-state index contributed by atoms with van der Waals surface area (Å²) in [4.78, 5) is 15.1. The van der Waals surface area contributed by atoms with Crippen LogP contribution in [0.1, 0.15) is 29.8 Å². The third-order valence-electron chi connectivity index (χ3n) is 5.03. The van der Waals surface area contributed by atoms with Crippen LogP contribution in [0.3, 0.4) is 0 Å². The fourth-order valence-electron chi connectivity index (χ4n) is 3.17. The zero-order valence-electron chi connectivity index (χ0n) is 18.0. The van der Waals surface area contributed by atoms with Gasteiger partial charge in [0.05, 0.1) is 21.2 Å². The third kappa shape index (κ3) is 6.09. The molecular weight excluding hydrogens is 446 g/mol. The molecular formula is C24H26ClN3O3S. The molecule has 8 heteroatoms. The lowest BCUT2D eigenvalue weighted by molar-refractivity contribution is 0.102. The van der Waals surface area contributed by atoms with Gasteiger partial charge in [-0.1, -0.05) is 55.8 Å². The molecule has 6 nitrogen and oxygen atoms in total. The Balaban J connectivity index is 1.68. The van der Waals surface area contributed by atoms with Crippen LogP contribution in [0.4, 0.5) is 11.4 Å². The highest BCUT2D eigenvalue weighted by atomic mass is 35.5. The molecule has 3 rings (SSSR count). The fraction of sp³-hybridized carbons (Fsp3) is 0.208. The molecule has 0 radical (unpaired) electrons. The molecule has 0 saturated carbocycles. The van der Waals surface area contributed by atoms with Crippen molar-refractivity contribution in [2.24, 2.45) is 0 Å². The molecule has 0 aliphatic rings. The van der Waals surface area contributed by atoms with Crippen LogP contribution in [0.5, 0.6) is 0 Å². The lowest BCUT2D eigenvalue weighted by Gasteiger charge is -2.18. The molecule has 0 aliphatic heterocycles. The maximum atomic E-state index is 12.7. The molecule has 3 aromatic carbocycles. The van der Waals surface area contributed by atoms with Crippen molar-refractivity contribution in [1.82, 2.24) is 4.90 Å². The molecule has 0 spiro atoms. The van der Waals surface area contributed by atoms with Crippen LogP contribution in [0.2, 0.25) is 5.02 Å². The number of anilines is 2. The smallest absolute Gasteiger partial charge is 0.261 e. The van der Waals surface area contributed by atoms with Gasteiger partial charge in [0.25, 0.3) is 15.9 Å². The van der Waals surface area contributed by atoms with E-state index in [1.54, 1.807) is 18.2 Å². The zero-order chi connectivity index (χ0) is 23.1. The van der Waals surface area contributed by atoms with Gasteiger partial charge >= 0.3 is 0 Å². The zero-order valence-corrected chi connectivity index (χ0v) is 19.6. The van der Waals surface area contributed by atoms with Gasteiger partial charge in [-0.15, -0.1) is 0 Å². The van der Waals surface area contributed by atoms with E-state index in [4.69, 9.17) is 11.6 Å². The van der Waals surface area contributed by atoms with Crippen LogP contribution in [0.15, 0.2) is 77.7 Å². The summed E-state index contributed by atoms with van der Waals surface area (Å²) in [7, 11) is -3.74. The van der Waals surface area contributed by atoms with E-state index in [9.17, 15) is 13.2 Å². The minimum Gasteiger partial charge on any atom is -0.322 e. The molecule has 3 aromatic rings. The lowest BCUT2D eigenvalue weighted by atomic mass is 10.1. The molecule has 1 amide bonds. The first-order chi connectivity index (χ1) is 15.3. The van der Waals surface area contributed by atoms with Gasteiger partial charge in [-0.05, 0) is 61.1 Å². The summed E-state index contributed by atoms with van der Waals surface area (Å²) in [6.07, 6.45) is 0. The van der Waals surface area contributed by atoms with E-state index < -0.39 is 10.0 Å². The van der Waals surface area contributed by atoms with Crippen molar-refractivity contribution in [2.45, 2.75) is 25.3 Å². The second kappa shape index (κ2) is 10.6. The largest absolute Gasteiger partial charge is 0.322 e. The first-order valence-corrected chi connectivity index (χ1v) is 12.2. The van der Waals surface area contributed by atoms with Crippen molar-refractivity contribution in [3.05, 3.63) is 88.9 Å². The minimum atomic E-state index is -3.74. The highest BCUT2D eigenvalue weighted by Crippen LogP contribution is 2.24. The molecule has 0 saturated heterocycles. The third-order valence-corrected chi connectivity index (χ3v) is 6.74. The minimum absolute atomic E-state index is 0.141. The number of amides is 1. The highest BCUT2D eigenvalue weighted by molar-refractivity contribution is 7.92. The van der Waals surface area contributed by atoms with Crippen molar-refractivity contribution in [1.29, 1.82) is 0 Å². The molecule has 32 heavy (non-hydrogen) atoms. The van der Waals surface area contributed by atoms with Crippen molar-refractivity contribution < 1.29 is 13.2 Å². The number of hydrogen-bond acceptors (Lipinski definition) is 4. The monoisotopic (exact) mass is 471 g/mol. The number of nitrogens with zero attached hydrogens (tertiary/aromatic N) is 1. The van der Waals surface area contributed by atoms with Gasteiger partial charge in [0.15, 0.2) is 0 Å². The topological polar surface area (TPSA) is 78.5 Å². The van der Waals surface area contributed by atoms with Crippen molar-refractivity contribution in [2.75, 3.05) is 23.1 Å². The second-order valence-electron chi connectivity index (χ2n) is 7.23. The summed E-state index contributed by atoms with van der Waals surface area (Å²) in [5.74, 6) is -0.371. The van der Waals surface area contributed by atoms with E-state index >= 15 is 0 Å². The molecule has 0 heterocycles. The summed E-state index contributed by atoms with van der Waals surface area (Å²) in [5.41, 5.74) is 2.35. The average Bonchev–Trinajstić information content (AvgIpc) is 2.79. The Kier molecular flexibility index (Phi) is 7.90. The van der Waals surface area contributed by atoms with E-state index in [1.807, 2.05) is 24.3 Å². The molecule has 0 fully saturated rings. The summed E-state index contributed by atoms with van der Waals surface area (Å²) in [6, 6.07) is 20.1. The summed E-state index contributed by atoms with van der Waals surface area (Å²) < 4.78 is 27.4. The van der Waals surface area contributed by atoms with Gasteiger partial charge < -0.3 is 5.32 Å². The molecule has 0 aromatic heterocycles. The van der Waals surface area contributed by atoms with Crippen molar-refractivity contribution in [3.8, 4) is 0 Å². The van der Waals surface area contributed by atoms with E-state index in [0.29, 0.717) is 5.69 Å². The van der Waals surface area contributed by atoms with Gasteiger partial charge in [-0.25, -0.2) is 8.42 Å². The van der Waals surface area contributed by atoms with Crippen LogP contribution >= 0.6 is 11.6 Å². The number of sulfonamides is 1. The maximum absolute atomic E-state index is 12.7. The maximum Gasteiger partial charge on any atom is 0.261 e. The Morgan fingerprint density at radius 3 is 2.12 bits per heavy atom. The van der Waals surface area contributed by atoms with Gasteiger partial charge in [0.2, 0.25) is 0 Å². The SMILES string of the molecule is CCN(CC)Cc1ccc(NC(=O)c2ccc(NS(=O)(=O)c3ccccc3)cc2Cl)cc1. The van der Waals surface area contributed by atoms with Crippen LogP contribution in [-0.4, -0.2) is 32.3 Å². The number of carbonyl (C=O) groups is 1. The van der Waals surface area contributed by atoms with E-state index in [-0.39, 0.29) is 27.1 Å². The standard InChI is InChI=1S/C24H26ClN3O3S/c1-3-28(4-2)17-18-10-12-19(13-11-18)26-24(29)22-15-14-20(16-23(22)25)27-32(30,31)21-8-6-5-7-9-21/h5-16,27H,3-4,17H2,1-2H3,(H,26,29). The first-order valence-electron chi connectivity index (χ1n) is 10.3. The van der Waals surface area contributed by atoms with Crippen molar-refractivity contribution >= 4 is 38.9 Å². The Morgan fingerprint density at radius 1 is 0.906 bits per heavy atom. The summed E-state index contributed by atoms with van der Waals surface area (Å²) in [6.45, 7) is 7.06. The Hall–Kier alpha value is -2.87. The Labute approximate surface area is 194 Å². The molecule has 2 N–H and O–H groups in total. The van der Waals surface area contributed by atoms with Gasteiger partial charge in [0, 0.05) is 12.2 Å². The van der Waals surface area contributed by atoms with Crippen LogP contribution in [0, 0.1) is 0 Å². The molecule has 0 aliphatic carbocycles. The van der Waals surface area contributed by atoms with Crippen molar-refractivity contribution in [3.63, 3.8) is 0 Å². The lowest BCUT2D eigenvalue weighted by Crippen LogP contribution is -2.22. The number of benzene rings is 3. The Bertz CT molecular complexity index is 1160. The van der Waals surface area contributed by atoms with Crippen LogP contribution in [-0.2, 0) is 16.6 Å². The molecule has 0 atom stereocenters. The van der Waals surface area contributed by atoms with E-state index in [0.717, 1.165) is 19.6 Å². The summed E-state index contributed by atoms with van der Waals surface area (Å²) in [5, 5.41) is 2.97. The predicted octanol–water partition coefficient (Wildman–Crippen LogP) is 5.23. The number of nitrogens with one attached hydrogen (secondary N) is 2. The quantitative estimate of drug-likeness (QED) is 0.447. The van der Waals surface area contributed by atoms with E-state index in [2.05, 4.69) is 28.8 Å². The number of rotatable bonds is 9. The van der Waals surface area contributed by atoms with Crippen LogP contribution in [0.25, 0.3) is 0 Å². The fourth-order valence-corrected chi connectivity index (χ4v) is 4.51. The van der Waals surface area contributed by atoms with Gasteiger partial charge in [0.1, 0.15) is 0 Å². The molecule has 168 valence electrons. The molecule has 0 bridgehead atoms. The average molecular weight is 472 g/mol. The number of halogens is 1. The predicted molar refractivity (Wildman–Crippen MR) is 130 cm³/mol. The normalized spacial score (nSPS) is 11.4. The number of carbonyl (C=O) groups excluding carboxylic acids is 1. The highest BCUT2D eigenvalue weighted by Gasteiger charge is 2.16. The number of hydrogen-bond donors (Lipinski definition) is 2. The van der Waals surface area contributed by atoms with Gasteiger partial charge in [-0.2, -0.15) is 0 Å². The second-order valence-corrected chi connectivity index (χ2v) is 9.32.